The van der Waals surface area contributed by atoms with Gasteiger partial charge >= 0.3 is 19.8 Å². The Morgan fingerprint density at radius 3 is 1.64 bits per heavy atom. The van der Waals surface area contributed by atoms with Crippen molar-refractivity contribution >= 4 is 19.8 Å². The number of nitrogens with two attached hydrogens (primary N) is 1. The number of allylic oxidation sites excluding steroid dienone is 10. The molecule has 0 fully saturated rings. The number of ether oxygens (including phenoxy) is 2. The Morgan fingerprint density at radius 1 is 0.600 bits per heavy atom. The molecule has 0 aliphatic heterocycles. The smallest absolute Gasteiger partial charge is 0.462 e. The van der Waals surface area contributed by atoms with Gasteiger partial charge in [0.25, 0.3) is 0 Å². The molecular formula is C40H70NO8P. The van der Waals surface area contributed by atoms with Crippen LogP contribution in [0.15, 0.2) is 60.8 Å². The minimum Gasteiger partial charge on any atom is -0.462 e. The second kappa shape index (κ2) is 36.5. The molecule has 9 nitrogen and oxygen atoms in total. The molecule has 50 heavy (non-hydrogen) atoms. The van der Waals surface area contributed by atoms with E-state index in [2.05, 4.69) is 74.6 Å². The van der Waals surface area contributed by atoms with E-state index >= 15 is 0 Å². The van der Waals surface area contributed by atoms with Crippen LogP contribution in [0.3, 0.4) is 0 Å². The van der Waals surface area contributed by atoms with Gasteiger partial charge in [-0.25, -0.2) is 4.57 Å². The Balaban J connectivity index is 4.33. The topological polar surface area (TPSA) is 134 Å². The Labute approximate surface area is 304 Å². The number of carbonyl (C=O) groups excluding carboxylic acids is 2. The first kappa shape index (κ1) is 47.7. The molecule has 0 aromatic rings. The summed E-state index contributed by atoms with van der Waals surface area (Å²) >= 11 is 0. The van der Waals surface area contributed by atoms with E-state index in [1.807, 2.05) is 0 Å². The third-order valence-electron chi connectivity index (χ3n) is 7.63. The molecule has 0 amide bonds. The maximum Gasteiger partial charge on any atom is 0.472 e. The number of hydrogen-bond acceptors (Lipinski definition) is 8. The summed E-state index contributed by atoms with van der Waals surface area (Å²) in [5.41, 5.74) is 5.33. The lowest BCUT2D eigenvalue weighted by molar-refractivity contribution is -0.161. The number of hydrogen-bond donors (Lipinski definition) is 2. The Bertz CT molecular complexity index is 1010. The number of phosphoric acid groups is 1. The minimum atomic E-state index is -4.39. The number of esters is 2. The lowest BCUT2D eigenvalue weighted by Gasteiger charge is -2.19. The average molecular weight is 724 g/mol. The van der Waals surface area contributed by atoms with Crippen molar-refractivity contribution in [3.05, 3.63) is 60.8 Å². The van der Waals surface area contributed by atoms with Crippen LogP contribution in [0.5, 0.6) is 0 Å². The summed E-state index contributed by atoms with van der Waals surface area (Å²) in [6.07, 6.45) is 41.1. The molecule has 0 aliphatic rings. The minimum absolute atomic E-state index is 0.0425. The number of unbranched alkanes of at least 4 members (excludes halogenated alkanes) is 12. The summed E-state index contributed by atoms with van der Waals surface area (Å²) in [4.78, 5) is 34.7. The van der Waals surface area contributed by atoms with Crippen molar-refractivity contribution in [2.75, 3.05) is 26.4 Å². The summed E-state index contributed by atoms with van der Waals surface area (Å²) in [6.45, 7) is 3.57. The van der Waals surface area contributed by atoms with Crippen molar-refractivity contribution < 1.29 is 37.6 Å². The molecule has 0 saturated carbocycles. The first-order chi connectivity index (χ1) is 24.3. The SMILES string of the molecule is CCCC/C=C\C/C=C\CCCCCCCC(=O)OC[C@H](COP(=O)(O)OCCN)OC(=O)CCCC/C=C\C/C=C\C/C=C\CCCCC. The van der Waals surface area contributed by atoms with Gasteiger partial charge in [-0.2, -0.15) is 0 Å². The molecule has 2 atom stereocenters. The van der Waals surface area contributed by atoms with E-state index in [-0.39, 0.29) is 32.6 Å². The fourth-order valence-corrected chi connectivity index (χ4v) is 5.48. The Hall–Kier alpha value is -2.29. The molecule has 0 spiro atoms. The maximum atomic E-state index is 12.5. The van der Waals surface area contributed by atoms with Crippen molar-refractivity contribution in [3.8, 4) is 0 Å². The Kier molecular flexibility index (Phi) is 34.8. The zero-order chi connectivity index (χ0) is 36.8. The first-order valence-corrected chi connectivity index (χ1v) is 20.8. The lowest BCUT2D eigenvalue weighted by Crippen LogP contribution is -2.29. The van der Waals surface area contributed by atoms with Gasteiger partial charge in [-0.3, -0.25) is 18.6 Å². The predicted molar refractivity (Wildman–Crippen MR) is 206 cm³/mol. The van der Waals surface area contributed by atoms with E-state index in [0.29, 0.717) is 12.8 Å². The molecule has 0 rings (SSSR count). The average Bonchev–Trinajstić information content (AvgIpc) is 3.10. The van der Waals surface area contributed by atoms with E-state index in [0.717, 1.165) is 77.0 Å². The summed E-state index contributed by atoms with van der Waals surface area (Å²) in [7, 11) is -4.39. The molecule has 0 aromatic carbocycles. The molecule has 10 heteroatoms. The van der Waals surface area contributed by atoms with Crippen LogP contribution in [0, 0.1) is 0 Å². The lowest BCUT2D eigenvalue weighted by atomic mass is 10.1. The van der Waals surface area contributed by atoms with Crippen LogP contribution in [0.1, 0.15) is 149 Å². The van der Waals surface area contributed by atoms with Crippen molar-refractivity contribution in [1.82, 2.24) is 0 Å². The summed E-state index contributed by atoms with van der Waals surface area (Å²) < 4.78 is 32.6. The predicted octanol–water partition coefficient (Wildman–Crippen LogP) is 10.5. The summed E-state index contributed by atoms with van der Waals surface area (Å²) in [5, 5.41) is 0. The van der Waals surface area contributed by atoms with Crippen molar-refractivity contribution in [2.24, 2.45) is 5.73 Å². The maximum absolute atomic E-state index is 12.5. The molecule has 0 saturated heterocycles. The number of carbonyl (C=O) groups is 2. The van der Waals surface area contributed by atoms with Crippen LogP contribution >= 0.6 is 7.82 Å². The van der Waals surface area contributed by atoms with Gasteiger partial charge < -0.3 is 20.1 Å². The fraction of sp³-hybridized carbons (Fsp3) is 0.700. The molecular weight excluding hydrogens is 653 g/mol. The number of phosphoric ester groups is 1. The van der Waals surface area contributed by atoms with Gasteiger partial charge in [0.2, 0.25) is 0 Å². The molecule has 0 aromatic heterocycles. The van der Waals surface area contributed by atoms with E-state index in [1.54, 1.807) is 0 Å². The highest BCUT2D eigenvalue weighted by Crippen LogP contribution is 2.43. The van der Waals surface area contributed by atoms with Crippen molar-refractivity contribution in [2.45, 2.75) is 155 Å². The van der Waals surface area contributed by atoms with Gasteiger partial charge in [0.05, 0.1) is 13.2 Å². The third-order valence-corrected chi connectivity index (χ3v) is 8.61. The highest BCUT2D eigenvalue weighted by Gasteiger charge is 2.25. The fourth-order valence-electron chi connectivity index (χ4n) is 4.71. The first-order valence-electron chi connectivity index (χ1n) is 19.3. The van der Waals surface area contributed by atoms with Crippen LogP contribution in [0.25, 0.3) is 0 Å². The third kappa shape index (κ3) is 35.5. The summed E-state index contributed by atoms with van der Waals surface area (Å²) in [6, 6.07) is 0. The van der Waals surface area contributed by atoms with E-state index < -0.39 is 32.5 Å². The molecule has 0 bridgehead atoms. The normalized spacial score (nSPS) is 14.1. The molecule has 3 N–H and O–H groups in total. The monoisotopic (exact) mass is 723 g/mol. The van der Waals surface area contributed by atoms with Crippen LogP contribution in [-0.4, -0.2) is 49.3 Å². The van der Waals surface area contributed by atoms with Crippen LogP contribution < -0.4 is 5.73 Å². The second-order valence-electron chi connectivity index (χ2n) is 12.4. The van der Waals surface area contributed by atoms with Gasteiger partial charge in [0, 0.05) is 19.4 Å². The molecule has 288 valence electrons. The van der Waals surface area contributed by atoms with Gasteiger partial charge in [0.15, 0.2) is 6.10 Å². The highest BCUT2D eigenvalue weighted by atomic mass is 31.2. The van der Waals surface area contributed by atoms with Crippen LogP contribution in [0.2, 0.25) is 0 Å². The molecule has 0 aliphatic carbocycles. The van der Waals surface area contributed by atoms with E-state index in [4.69, 9.17) is 24.3 Å². The second-order valence-corrected chi connectivity index (χ2v) is 13.9. The van der Waals surface area contributed by atoms with Crippen LogP contribution in [-0.2, 0) is 32.7 Å². The van der Waals surface area contributed by atoms with Gasteiger partial charge in [-0.15, -0.1) is 0 Å². The molecule has 0 radical (unpaired) electrons. The Morgan fingerprint density at radius 2 is 1.06 bits per heavy atom. The quantitative estimate of drug-likeness (QED) is 0.0283. The largest absolute Gasteiger partial charge is 0.472 e. The highest BCUT2D eigenvalue weighted by molar-refractivity contribution is 7.47. The van der Waals surface area contributed by atoms with Gasteiger partial charge in [0.1, 0.15) is 6.61 Å². The van der Waals surface area contributed by atoms with Crippen LogP contribution in [0.4, 0.5) is 0 Å². The zero-order valence-corrected chi connectivity index (χ0v) is 32.3. The van der Waals surface area contributed by atoms with Gasteiger partial charge in [-0.05, 0) is 77.0 Å². The van der Waals surface area contributed by atoms with Crippen molar-refractivity contribution in [1.29, 1.82) is 0 Å². The number of rotatable bonds is 35. The molecule has 0 heterocycles. The van der Waals surface area contributed by atoms with E-state index in [9.17, 15) is 19.0 Å². The molecule has 1 unspecified atom stereocenters. The van der Waals surface area contributed by atoms with E-state index in [1.165, 1.54) is 32.1 Å². The van der Waals surface area contributed by atoms with Gasteiger partial charge in [-0.1, -0.05) is 120 Å². The zero-order valence-electron chi connectivity index (χ0n) is 31.4. The summed E-state index contributed by atoms with van der Waals surface area (Å²) in [5.74, 6) is -0.897. The standard InChI is InChI=1S/C40H70NO8P/c1-3-5-7-9-11-13-15-17-19-21-23-25-27-29-31-33-40(43)49-38(37-48-50(44,45)47-35-34-41)36-46-39(42)32-30-28-26-24-22-20-18-16-14-12-10-8-6-4-2/h10-13,16-19,23,25,38H,3-9,14-15,20-22,24,26-37,41H2,1-2H3,(H,44,45)/b12-10-,13-11-,18-16-,19-17-,25-23-/t38-/m1/s1. The van der Waals surface area contributed by atoms with Crippen molar-refractivity contribution in [3.63, 3.8) is 0 Å².